The summed E-state index contributed by atoms with van der Waals surface area (Å²) in [4.78, 5) is 2.36. The molecule has 4 heteroatoms. The van der Waals surface area contributed by atoms with Gasteiger partial charge in [0.05, 0.1) is 19.8 Å². The summed E-state index contributed by atoms with van der Waals surface area (Å²) >= 11 is 0. The van der Waals surface area contributed by atoms with Gasteiger partial charge in [-0.25, -0.2) is 0 Å². The van der Waals surface area contributed by atoms with Crippen LogP contribution in [-0.4, -0.2) is 42.4 Å². The first-order valence-corrected chi connectivity index (χ1v) is 6.48. The Balaban J connectivity index is 1.83. The number of methoxy groups -OCH3 is 1. The summed E-state index contributed by atoms with van der Waals surface area (Å²) in [5.41, 5.74) is 1.11. The Morgan fingerprint density at radius 1 is 1.44 bits per heavy atom. The molecule has 18 heavy (non-hydrogen) atoms. The molecule has 1 heterocycles. The number of aliphatic hydroxyl groups excluding tert-OH is 1. The van der Waals surface area contributed by atoms with Gasteiger partial charge >= 0.3 is 0 Å². The molecule has 0 spiro atoms. The van der Waals surface area contributed by atoms with Crippen LogP contribution in [0.3, 0.4) is 0 Å². The number of nitrogens with zero attached hydrogens (tertiary/aromatic N) is 1. The van der Waals surface area contributed by atoms with Crippen LogP contribution in [0.1, 0.15) is 24.6 Å². The first-order chi connectivity index (χ1) is 8.81. The zero-order valence-electron chi connectivity index (χ0n) is 10.6. The minimum absolute atomic E-state index is 0.0373. The van der Waals surface area contributed by atoms with Gasteiger partial charge in [0.2, 0.25) is 0 Å². The second-order valence-electron chi connectivity index (χ2n) is 5.00. The first-order valence-electron chi connectivity index (χ1n) is 6.48. The minimum Gasteiger partial charge on any atom is -0.497 e. The van der Waals surface area contributed by atoms with Crippen molar-refractivity contribution in [3.63, 3.8) is 0 Å². The molecule has 1 aliphatic carbocycles. The van der Waals surface area contributed by atoms with Gasteiger partial charge in [-0.15, -0.1) is 0 Å². The maximum absolute atomic E-state index is 9.28. The summed E-state index contributed by atoms with van der Waals surface area (Å²) in [6, 6.07) is 8.61. The standard InChI is InChI=1S/C14H19NO3/c1-17-12-4-2-3-10(7-12)14-15(11-5-6-11)8-13(9-16)18-14/h2-4,7,11,13-14,16H,5-6,8-9H2,1H3. The molecule has 3 rings (SSSR count). The average Bonchev–Trinajstić information content (AvgIpc) is 3.18. The average molecular weight is 249 g/mol. The number of rotatable bonds is 4. The van der Waals surface area contributed by atoms with Crippen molar-refractivity contribution >= 4 is 0 Å². The van der Waals surface area contributed by atoms with Crippen molar-refractivity contribution in [3.05, 3.63) is 29.8 Å². The highest BCUT2D eigenvalue weighted by Gasteiger charge is 2.42. The van der Waals surface area contributed by atoms with Crippen molar-refractivity contribution in [1.29, 1.82) is 0 Å². The molecule has 1 aliphatic heterocycles. The lowest BCUT2D eigenvalue weighted by Crippen LogP contribution is -2.27. The zero-order chi connectivity index (χ0) is 12.5. The monoisotopic (exact) mass is 249 g/mol. The predicted octanol–water partition coefficient (Wildman–Crippen LogP) is 1.55. The van der Waals surface area contributed by atoms with Crippen LogP contribution >= 0.6 is 0 Å². The van der Waals surface area contributed by atoms with Gasteiger partial charge in [-0.3, -0.25) is 4.90 Å². The molecule has 2 unspecified atom stereocenters. The fourth-order valence-corrected chi connectivity index (χ4v) is 2.55. The topological polar surface area (TPSA) is 41.9 Å². The highest BCUT2D eigenvalue weighted by molar-refractivity contribution is 5.30. The third kappa shape index (κ3) is 2.23. The van der Waals surface area contributed by atoms with E-state index in [9.17, 15) is 5.11 Å². The maximum atomic E-state index is 9.28. The molecule has 1 aromatic carbocycles. The van der Waals surface area contributed by atoms with Crippen LogP contribution in [0.15, 0.2) is 24.3 Å². The Bertz CT molecular complexity index is 419. The van der Waals surface area contributed by atoms with Gasteiger partial charge in [0, 0.05) is 12.6 Å². The Labute approximate surface area is 107 Å². The van der Waals surface area contributed by atoms with Crippen molar-refractivity contribution in [2.24, 2.45) is 0 Å². The lowest BCUT2D eigenvalue weighted by Gasteiger charge is -2.22. The molecule has 2 fully saturated rings. The van der Waals surface area contributed by atoms with Crippen LogP contribution in [0, 0.1) is 0 Å². The van der Waals surface area contributed by atoms with Crippen LogP contribution < -0.4 is 4.74 Å². The van der Waals surface area contributed by atoms with Crippen molar-refractivity contribution in [1.82, 2.24) is 4.90 Å². The molecule has 0 aromatic heterocycles. The van der Waals surface area contributed by atoms with E-state index in [1.54, 1.807) is 7.11 Å². The normalized spacial score (nSPS) is 28.6. The number of aliphatic hydroxyl groups is 1. The van der Waals surface area contributed by atoms with E-state index in [1.165, 1.54) is 12.8 Å². The van der Waals surface area contributed by atoms with Crippen molar-refractivity contribution in [3.8, 4) is 5.75 Å². The van der Waals surface area contributed by atoms with E-state index >= 15 is 0 Å². The molecule has 2 atom stereocenters. The van der Waals surface area contributed by atoms with E-state index < -0.39 is 0 Å². The number of hydrogen-bond acceptors (Lipinski definition) is 4. The maximum Gasteiger partial charge on any atom is 0.137 e. The molecule has 0 amide bonds. The molecule has 4 nitrogen and oxygen atoms in total. The van der Waals surface area contributed by atoms with Gasteiger partial charge in [-0.1, -0.05) is 12.1 Å². The Hall–Kier alpha value is -1.10. The van der Waals surface area contributed by atoms with E-state index in [-0.39, 0.29) is 18.9 Å². The van der Waals surface area contributed by atoms with Crippen LogP contribution in [0.25, 0.3) is 0 Å². The molecule has 98 valence electrons. The molecule has 1 saturated heterocycles. The molecular formula is C14H19NO3. The second kappa shape index (κ2) is 4.88. The molecule has 0 bridgehead atoms. The summed E-state index contributed by atoms with van der Waals surface area (Å²) in [6.07, 6.45) is 2.37. The van der Waals surface area contributed by atoms with Crippen LogP contribution in [0.5, 0.6) is 5.75 Å². The fourth-order valence-electron chi connectivity index (χ4n) is 2.55. The van der Waals surface area contributed by atoms with Gasteiger partial charge in [0.25, 0.3) is 0 Å². The zero-order valence-corrected chi connectivity index (χ0v) is 10.6. The summed E-state index contributed by atoms with van der Waals surface area (Å²) < 4.78 is 11.2. The van der Waals surface area contributed by atoms with Crippen molar-refractivity contribution in [2.45, 2.75) is 31.2 Å². The summed E-state index contributed by atoms with van der Waals surface area (Å²) in [7, 11) is 1.67. The summed E-state index contributed by atoms with van der Waals surface area (Å²) in [5, 5.41) is 9.28. The number of ether oxygens (including phenoxy) is 2. The molecule has 1 aromatic rings. The van der Waals surface area contributed by atoms with Crippen LogP contribution in [0.2, 0.25) is 0 Å². The van der Waals surface area contributed by atoms with Crippen LogP contribution in [0.4, 0.5) is 0 Å². The smallest absolute Gasteiger partial charge is 0.137 e. The Morgan fingerprint density at radius 2 is 2.28 bits per heavy atom. The van der Waals surface area contributed by atoms with Gasteiger partial charge < -0.3 is 14.6 Å². The lowest BCUT2D eigenvalue weighted by atomic mass is 10.1. The van der Waals surface area contributed by atoms with E-state index in [0.29, 0.717) is 6.04 Å². The van der Waals surface area contributed by atoms with Crippen molar-refractivity contribution in [2.75, 3.05) is 20.3 Å². The van der Waals surface area contributed by atoms with Gasteiger partial charge in [0.15, 0.2) is 0 Å². The van der Waals surface area contributed by atoms with E-state index in [1.807, 2.05) is 18.2 Å². The third-order valence-electron chi connectivity index (χ3n) is 3.64. The van der Waals surface area contributed by atoms with E-state index in [2.05, 4.69) is 11.0 Å². The highest BCUT2D eigenvalue weighted by Crippen LogP contribution is 2.40. The second-order valence-corrected chi connectivity index (χ2v) is 5.00. The largest absolute Gasteiger partial charge is 0.497 e. The summed E-state index contributed by atoms with van der Waals surface area (Å²) in [6.45, 7) is 0.909. The van der Waals surface area contributed by atoms with Gasteiger partial charge in [-0.05, 0) is 30.5 Å². The van der Waals surface area contributed by atoms with Gasteiger partial charge in [0.1, 0.15) is 12.0 Å². The molecule has 1 saturated carbocycles. The molecule has 0 radical (unpaired) electrons. The summed E-state index contributed by atoms with van der Waals surface area (Å²) in [5.74, 6) is 0.847. The number of benzene rings is 1. The van der Waals surface area contributed by atoms with E-state index in [4.69, 9.17) is 9.47 Å². The first kappa shape index (κ1) is 12.0. The molecular weight excluding hydrogens is 230 g/mol. The Kier molecular flexibility index (Phi) is 3.24. The highest BCUT2D eigenvalue weighted by atomic mass is 16.5. The SMILES string of the molecule is COc1cccc(C2OC(CO)CN2C2CC2)c1. The lowest BCUT2D eigenvalue weighted by molar-refractivity contribution is -0.0217. The quantitative estimate of drug-likeness (QED) is 0.879. The number of hydrogen-bond donors (Lipinski definition) is 1. The molecule has 2 aliphatic rings. The Morgan fingerprint density at radius 3 is 2.94 bits per heavy atom. The van der Waals surface area contributed by atoms with Crippen molar-refractivity contribution < 1.29 is 14.6 Å². The van der Waals surface area contributed by atoms with Gasteiger partial charge in [-0.2, -0.15) is 0 Å². The fraction of sp³-hybridized carbons (Fsp3) is 0.571. The predicted molar refractivity (Wildman–Crippen MR) is 67.4 cm³/mol. The molecule has 1 N–H and O–H groups in total. The van der Waals surface area contributed by atoms with Crippen LogP contribution in [-0.2, 0) is 4.74 Å². The van der Waals surface area contributed by atoms with E-state index in [0.717, 1.165) is 17.9 Å². The third-order valence-corrected chi connectivity index (χ3v) is 3.64. The minimum atomic E-state index is -0.0678.